The number of amides is 1. The number of sulfonamides is 1. The number of nitrogens with one attached hydrogen (secondary N) is 1. The lowest BCUT2D eigenvalue weighted by Crippen LogP contribution is -2.15. The lowest BCUT2D eigenvalue weighted by Gasteiger charge is -2.08. The molecular weight excluding hydrogens is 300 g/mol. The van der Waals surface area contributed by atoms with Crippen molar-refractivity contribution in [3.8, 4) is 12.3 Å². The van der Waals surface area contributed by atoms with Crippen LogP contribution < -0.4 is 10.5 Å². The normalized spacial score (nSPS) is 10.8. The van der Waals surface area contributed by atoms with E-state index < -0.39 is 10.0 Å². The molecule has 0 unspecified atom stereocenters. The van der Waals surface area contributed by atoms with Crippen LogP contribution in [0.2, 0.25) is 5.02 Å². The van der Waals surface area contributed by atoms with Gasteiger partial charge in [-0.2, -0.15) is 0 Å². The van der Waals surface area contributed by atoms with Crippen molar-refractivity contribution >= 4 is 33.2 Å². The molecule has 0 bridgehead atoms. The van der Waals surface area contributed by atoms with Gasteiger partial charge in [-0.15, -0.1) is 12.3 Å². The molecule has 3 N–H and O–H groups in total. The zero-order valence-electron chi connectivity index (χ0n) is 10.7. The number of nitrogens with two attached hydrogens (primary N) is 1. The van der Waals surface area contributed by atoms with Crippen molar-refractivity contribution in [1.82, 2.24) is 0 Å². The van der Waals surface area contributed by atoms with Gasteiger partial charge in [-0.25, -0.2) is 13.6 Å². The Kier molecular flexibility index (Phi) is 6.02. The molecule has 7 heteroatoms. The van der Waals surface area contributed by atoms with Crippen LogP contribution in [0.3, 0.4) is 0 Å². The first kappa shape index (κ1) is 16.5. The molecular formula is C13H15ClN2O3S. The fourth-order valence-corrected chi connectivity index (χ4v) is 2.21. The van der Waals surface area contributed by atoms with Crippen LogP contribution >= 0.6 is 11.6 Å². The van der Waals surface area contributed by atoms with E-state index in [0.717, 1.165) is 6.42 Å². The van der Waals surface area contributed by atoms with Gasteiger partial charge in [-0.3, -0.25) is 4.79 Å². The maximum Gasteiger partial charge on any atom is 0.238 e. The summed E-state index contributed by atoms with van der Waals surface area (Å²) in [6.45, 7) is 0. The minimum absolute atomic E-state index is 0.107. The summed E-state index contributed by atoms with van der Waals surface area (Å²) >= 11 is 5.90. The minimum atomic E-state index is -3.83. The van der Waals surface area contributed by atoms with Gasteiger partial charge in [0, 0.05) is 12.8 Å². The number of anilines is 1. The van der Waals surface area contributed by atoms with E-state index in [1.54, 1.807) is 0 Å². The Bertz CT molecular complexity index is 636. The second kappa shape index (κ2) is 7.29. The van der Waals surface area contributed by atoms with Gasteiger partial charge in [0.25, 0.3) is 0 Å². The number of terminal acetylenes is 1. The monoisotopic (exact) mass is 314 g/mol. The maximum atomic E-state index is 11.7. The number of halogens is 1. The van der Waals surface area contributed by atoms with Gasteiger partial charge in [0.05, 0.1) is 15.6 Å². The van der Waals surface area contributed by atoms with E-state index in [4.69, 9.17) is 23.2 Å². The molecule has 0 saturated heterocycles. The highest BCUT2D eigenvalue weighted by atomic mass is 35.5. The molecule has 0 spiro atoms. The second-order valence-electron chi connectivity index (χ2n) is 4.15. The van der Waals surface area contributed by atoms with Gasteiger partial charge in [-0.1, -0.05) is 11.6 Å². The van der Waals surface area contributed by atoms with E-state index in [1.165, 1.54) is 18.2 Å². The Hall–Kier alpha value is -1.55. The van der Waals surface area contributed by atoms with E-state index in [9.17, 15) is 13.2 Å². The molecule has 1 aromatic rings. The van der Waals surface area contributed by atoms with E-state index in [0.29, 0.717) is 12.8 Å². The molecule has 1 rings (SSSR count). The fraction of sp³-hybridized carbons (Fsp3) is 0.308. The molecule has 0 atom stereocenters. The van der Waals surface area contributed by atoms with E-state index in [1.807, 2.05) is 0 Å². The standard InChI is InChI=1S/C13H15ClN2O3S/c1-2-3-4-5-6-13(17)16-12-9-10(20(15,18)19)7-8-11(12)14/h1,7-9H,3-6H2,(H,16,17)(H2,15,18,19). The van der Waals surface area contributed by atoms with Crippen LogP contribution in [0.25, 0.3) is 0 Å². The third-order valence-corrected chi connectivity index (χ3v) is 3.76. The number of carbonyl (C=O) groups excluding carboxylic acids is 1. The molecule has 0 aliphatic rings. The molecule has 1 amide bonds. The SMILES string of the molecule is C#CCCCCC(=O)Nc1cc(S(N)(=O)=O)ccc1Cl. The third-order valence-electron chi connectivity index (χ3n) is 2.52. The summed E-state index contributed by atoms with van der Waals surface area (Å²) in [5.41, 5.74) is 0.222. The largest absolute Gasteiger partial charge is 0.325 e. The summed E-state index contributed by atoms with van der Waals surface area (Å²) in [4.78, 5) is 11.6. The number of unbranched alkanes of at least 4 members (excludes halogenated alkanes) is 2. The van der Waals surface area contributed by atoms with Gasteiger partial charge in [-0.05, 0) is 31.0 Å². The molecule has 0 aromatic heterocycles. The predicted octanol–water partition coefficient (Wildman–Crippen LogP) is 2.12. The van der Waals surface area contributed by atoms with Crippen molar-refractivity contribution in [3.05, 3.63) is 23.2 Å². The molecule has 0 aliphatic heterocycles. The van der Waals surface area contributed by atoms with E-state index in [2.05, 4.69) is 11.2 Å². The molecule has 1 aromatic carbocycles. The van der Waals surface area contributed by atoms with Gasteiger partial charge >= 0.3 is 0 Å². The molecule has 108 valence electrons. The summed E-state index contributed by atoms with van der Waals surface area (Å²) in [6.07, 6.45) is 7.43. The van der Waals surface area contributed by atoms with Crippen LogP contribution in [0, 0.1) is 12.3 Å². The van der Waals surface area contributed by atoms with Crippen LogP contribution in [-0.2, 0) is 14.8 Å². The van der Waals surface area contributed by atoms with Gasteiger partial charge in [0.15, 0.2) is 0 Å². The first-order chi connectivity index (χ1) is 9.34. The Balaban J connectivity index is 2.72. The predicted molar refractivity (Wildman–Crippen MR) is 78.8 cm³/mol. The third kappa shape index (κ3) is 5.21. The van der Waals surface area contributed by atoms with Gasteiger partial charge in [0.1, 0.15) is 0 Å². The molecule has 0 aliphatic carbocycles. The second-order valence-corrected chi connectivity index (χ2v) is 6.11. The smallest absolute Gasteiger partial charge is 0.238 e. The van der Waals surface area contributed by atoms with Crippen LogP contribution in [0.4, 0.5) is 5.69 Å². The molecule has 0 radical (unpaired) electrons. The summed E-state index contributed by atoms with van der Waals surface area (Å²) in [6, 6.07) is 3.88. The fourth-order valence-electron chi connectivity index (χ4n) is 1.50. The number of primary sulfonamides is 1. The van der Waals surface area contributed by atoms with Crippen LogP contribution in [0.1, 0.15) is 25.7 Å². The van der Waals surface area contributed by atoms with Crippen molar-refractivity contribution in [3.63, 3.8) is 0 Å². The van der Waals surface area contributed by atoms with Crippen molar-refractivity contribution in [2.45, 2.75) is 30.6 Å². The zero-order chi connectivity index (χ0) is 15.2. The maximum absolute atomic E-state index is 11.7. The molecule has 0 heterocycles. The summed E-state index contributed by atoms with van der Waals surface area (Å²) in [5.74, 6) is 2.24. The zero-order valence-corrected chi connectivity index (χ0v) is 12.3. The average molecular weight is 315 g/mol. The summed E-state index contributed by atoms with van der Waals surface area (Å²) < 4.78 is 22.5. The summed E-state index contributed by atoms with van der Waals surface area (Å²) in [7, 11) is -3.83. The van der Waals surface area contributed by atoms with Crippen molar-refractivity contribution in [2.24, 2.45) is 5.14 Å². The van der Waals surface area contributed by atoms with Crippen molar-refractivity contribution < 1.29 is 13.2 Å². The number of carbonyl (C=O) groups is 1. The van der Waals surface area contributed by atoms with Crippen molar-refractivity contribution in [1.29, 1.82) is 0 Å². The molecule has 20 heavy (non-hydrogen) atoms. The molecule has 5 nitrogen and oxygen atoms in total. The lowest BCUT2D eigenvalue weighted by atomic mass is 10.2. The Morgan fingerprint density at radius 1 is 1.40 bits per heavy atom. The quantitative estimate of drug-likeness (QED) is 0.622. The number of hydrogen-bond acceptors (Lipinski definition) is 3. The highest BCUT2D eigenvalue weighted by molar-refractivity contribution is 7.89. The van der Waals surface area contributed by atoms with Gasteiger partial charge < -0.3 is 5.32 Å². The van der Waals surface area contributed by atoms with E-state index >= 15 is 0 Å². The Morgan fingerprint density at radius 2 is 2.10 bits per heavy atom. The number of hydrogen-bond donors (Lipinski definition) is 2. The van der Waals surface area contributed by atoms with E-state index in [-0.39, 0.29) is 27.9 Å². The average Bonchev–Trinajstić information content (AvgIpc) is 2.36. The minimum Gasteiger partial charge on any atom is -0.325 e. The highest BCUT2D eigenvalue weighted by Crippen LogP contribution is 2.25. The van der Waals surface area contributed by atoms with Crippen LogP contribution in [0.5, 0.6) is 0 Å². The summed E-state index contributed by atoms with van der Waals surface area (Å²) in [5, 5.41) is 7.82. The number of rotatable bonds is 6. The van der Waals surface area contributed by atoms with Crippen LogP contribution in [-0.4, -0.2) is 14.3 Å². The first-order valence-corrected chi connectivity index (χ1v) is 7.82. The van der Waals surface area contributed by atoms with Gasteiger partial charge in [0.2, 0.25) is 15.9 Å². The highest BCUT2D eigenvalue weighted by Gasteiger charge is 2.12. The Morgan fingerprint density at radius 3 is 2.70 bits per heavy atom. The van der Waals surface area contributed by atoms with Crippen LogP contribution in [0.15, 0.2) is 23.1 Å². The van der Waals surface area contributed by atoms with Crippen molar-refractivity contribution in [2.75, 3.05) is 5.32 Å². The number of benzene rings is 1. The molecule has 0 fully saturated rings. The molecule has 0 saturated carbocycles. The topological polar surface area (TPSA) is 89.3 Å². The first-order valence-electron chi connectivity index (χ1n) is 5.90. The Labute approximate surface area is 123 Å². The lowest BCUT2D eigenvalue weighted by molar-refractivity contribution is -0.116.